The molecule has 0 saturated carbocycles. The van der Waals surface area contributed by atoms with E-state index in [1.807, 2.05) is 18.3 Å². The van der Waals surface area contributed by atoms with Crippen molar-refractivity contribution in [1.29, 1.82) is 0 Å². The zero-order chi connectivity index (χ0) is 15.5. The lowest BCUT2D eigenvalue weighted by molar-refractivity contribution is 0.305. The fourth-order valence-electron chi connectivity index (χ4n) is 1.62. The summed E-state index contributed by atoms with van der Waals surface area (Å²) in [7, 11) is 0. The molecule has 1 unspecified atom stereocenters. The average molecular weight is 292 g/mol. The van der Waals surface area contributed by atoms with E-state index in [1.165, 1.54) is 0 Å². The molecule has 1 heterocycles. The van der Waals surface area contributed by atoms with Gasteiger partial charge in [0.15, 0.2) is 5.96 Å². The lowest BCUT2D eigenvalue weighted by atomic mass is 10.3. The molecule has 0 aliphatic carbocycles. The quantitative estimate of drug-likeness (QED) is 0.571. The zero-order valence-corrected chi connectivity index (χ0v) is 13.6. The van der Waals surface area contributed by atoms with E-state index in [-0.39, 0.29) is 0 Å². The summed E-state index contributed by atoms with van der Waals surface area (Å²) in [5, 5.41) is 6.62. The molecule has 0 aliphatic rings. The predicted molar refractivity (Wildman–Crippen MR) is 87.7 cm³/mol. The molecule has 0 amide bonds. The highest BCUT2D eigenvalue weighted by Crippen LogP contribution is 2.08. The number of nitrogens with zero attached hydrogens (tertiary/aromatic N) is 2. The number of rotatable bonds is 8. The van der Waals surface area contributed by atoms with E-state index < -0.39 is 0 Å². The maximum atomic E-state index is 5.47. The Bertz CT molecular complexity index is 417. The van der Waals surface area contributed by atoms with Crippen LogP contribution in [0.1, 0.15) is 46.1 Å². The Labute approximate surface area is 128 Å². The number of aromatic nitrogens is 1. The number of aliphatic imine (C=N–C) groups is 1. The first-order valence-corrected chi connectivity index (χ1v) is 7.82. The Balaban J connectivity index is 2.58. The van der Waals surface area contributed by atoms with Crippen LogP contribution in [0.15, 0.2) is 23.3 Å². The van der Waals surface area contributed by atoms with Crippen molar-refractivity contribution in [3.05, 3.63) is 23.9 Å². The van der Waals surface area contributed by atoms with E-state index in [2.05, 4.69) is 48.3 Å². The molecule has 118 valence electrons. The van der Waals surface area contributed by atoms with E-state index >= 15 is 0 Å². The van der Waals surface area contributed by atoms with Crippen LogP contribution in [0.25, 0.3) is 0 Å². The van der Waals surface area contributed by atoms with Gasteiger partial charge in [-0.15, -0.1) is 0 Å². The van der Waals surface area contributed by atoms with Gasteiger partial charge >= 0.3 is 0 Å². The summed E-state index contributed by atoms with van der Waals surface area (Å²) in [6.07, 6.45) is 3.87. The predicted octanol–water partition coefficient (Wildman–Crippen LogP) is 2.72. The molecule has 5 nitrogen and oxygen atoms in total. The van der Waals surface area contributed by atoms with Gasteiger partial charge < -0.3 is 15.4 Å². The molecule has 0 fully saturated rings. The van der Waals surface area contributed by atoms with E-state index in [0.29, 0.717) is 25.1 Å². The van der Waals surface area contributed by atoms with E-state index in [1.54, 1.807) is 0 Å². The highest BCUT2D eigenvalue weighted by molar-refractivity contribution is 5.80. The molecule has 5 heteroatoms. The largest absolute Gasteiger partial charge is 0.478 e. The van der Waals surface area contributed by atoms with Crippen molar-refractivity contribution in [1.82, 2.24) is 15.6 Å². The number of nitrogens with one attached hydrogen (secondary N) is 2. The summed E-state index contributed by atoms with van der Waals surface area (Å²) in [6, 6.07) is 4.31. The van der Waals surface area contributed by atoms with Gasteiger partial charge in [-0.2, -0.15) is 0 Å². The van der Waals surface area contributed by atoms with E-state index in [9.17, 15) is 0 Å². The molecule has 0 aliphatic heterocycles. The molecule has 0 bridgehead atoms. The van der Waals surface area contributed by atoms with Crippen molar-refractivity contribution in [3.63, 3.8) is 0 Å². The molecule has 0 spiro atoms. The van der Waals surface area contributed by atoms with Gasteiger partial charge in [-0.1, -0.05) is 19.9 Å². The Morgan fingerprint density at radius 1 is 1.33 bits per heavy atom. The van der Waals surface area contributed by atoms with Crippen LogP contribution in [0.5, 0.6) is 5.88 Å². The Hall–Kier alpha value is -1.78. The summed E-state index contributed by atoms with van der Waals surface area (Å²) in [4.78, 5) is 8.86. The number of hydrogen-bond acceptors (Lipinski definition) is 3. The van der Waals surface area contributed by atoms with E-state index in [4.69, 9.17) is 4.74 Å². The molecule has 0 saturated heterocycles. The third kappa shape index (κ3) is 6.97. The third-order valence-electron chi connectivity index (χ3n) is 3.01. The molecule has 1 aromatic rings. The van der Waals surface area contributed by atoms with Crippen LogP contribution in [0.3, 0.4) is 0 Å². The minimum atomic E-state index is 0.408. The van der Waals surface area contributed by atoms with Gasteiger partial charge in [0, 0.05) is 24.8 Å². The Morgan fingerprint density at radius 3 is 2.71 bits per heavy atom. The highest BCUT2D eigenvalue weighted by atomic mass is 16.5. The minimum Gasteiger partial charge on any atom is -0.478 e. The zero-order valence-electron chi connectivity index (χ0n) is 13.6. The maximum Gasteiger partial charge on any atom is 0.213 e. The molecule has 2 N–H and O–H groups in total. The highest BCUT2D eigenvalue weighted by Gasteiger charge is 2.02. The number of pyridine rings is 1. The van der Waals surface area contributed by atoms with Crippen LogP contribution >= 0.6 is 0 Å². The van der Waals surface area contributed by atoms with Crippen molar-refractivity contribution in [2.75, 3.05) is 13.2 Å². The first kappa shape index (κ1) is 17.3. The molecule has 0 aromatic carbocycles. The van der Waals surface area contributed by atoms with Gasteiger partial charge in [-0.3, -0.25) is 0 Å². The molecule has 1 rings (SSSR count). The van der Waals surface area contributed by atoms with Crippen molar-refractivity contribution >= 4 is 5.96 Å². The number of hydrogen-bond donors (Lipinski definition) is 2. The number of ether oxygens (including phenoxy) is 1. The molecule has 1 aromatic heterocycles. The van der Waals surface area contributed by atoms with Crippen molar-refractivity contribution in [3.8, 4) is 5.88 Å². The standard InChI is InChI=1S/C16H28N4O/c1-5-10-21-15-9-8-14(11-18-15)12-19-16(17-7-3)20-13(4)6-2/h8-9,11,13H,5-7,10,12H2,1-4H3,(H2,17,19,20). The van der Waals surface area contributed by atoms with Crippen molar-refractivity contribution in [2.24, 2.45) is 4.99 Å². The topological polar surface area (TPSA) is 58.5 Å². The van der Waals surface area contributed by atoms with Gasteiger partial charge in [0.2, 0.25) is 5.88 Å². The number of guanidine groups is 1. The molecule has 21 heavy (non-hydrogen) atoms. The molecular formula is C16H28N4O. The third-order valence-corrected chi connectivity index (χ3v) is 3.01. The summed E-state index contributed by atoms with van der Waals surface area (Å²) in [5.74, 6) is 1.52. The maximum absolute atomic E-state index is 5.47. The molecule has 1 atom stereocenters. The fraction of sp³-hybridized carbons (Fsp3) is 0.625. The van der Waals surface area contributed by atoms with Crippen LogP contribution in [0.2, 0.25) is 0 Å². The second kappa shape index (κ2) is 10.0. The molecule has 0 radical (unpaired) electrons. The summed E-state index contributed by atoms with van der Waals surface area (Å²) >= 11 is 0. The van der Waals surface area contributed by atoms with Crippen LogP contribution in [-0.2, 0) is 6.54 Å². The lowest BCUT2D eigenvalue weighted by Gasteiger charge is -2.16. The van der Waals surface area contributed by atoms with E-state index in [0.717, 1.165) is 30.9 Å². The normalized spacial score (nSPS) is 12.9. The van der Waals surface area contributed by atoms with Gasteiger partial charge in [0.05, 0.1) is 13.2 Å². The van der Waals surface area contributed by atoms with Crippen molar-refractivity contribution < 1.29 is 4.74 Å². The lowest BCUT2D eigenvalue weighted by Crippen LogP contribution is -2.41. The second-order valence-corrected chi connectivity index (χ2v) is 5.00. The van der Waals surface area contributed by atoms with Crippen LogP contribution < -0.4 is 15.4 Å². The Kier molecular flexibility index (Phi) is 8.24. The van der Waals surface area contributed by atoms with Crippen LogP contribution in [-0.4, -0.2) is 30.1 Å². The SMILES string of the molecule is CCCOc1ccc(CN=C(NCC)NC(C)CC)cn1. The van der Waals surface area contributed by atoms with Crippen molar-refractivity contribution in [2.45, 2.75) is 53.1 Å². The summed E-state index contributed by atoms with van der Waals surface area (Å²) < 4.78 is 5.47. The first-order valence-electron chi connectivity index (χ1n) is 7.82. The monoisotopic (exact) mass is 292 g/mol. The molecular weight excluding hydrogens is 264 g/mol. The second-order valence-electron chi connectivity index (χ2n) is 5.00. The minimum absolute atomic E-state index is 0.408. The fourth-order valence-corrected chi connectivity index (χ4v) is 1.62. The van der Waals surface area contributed by atoms with Gasteiger partial charge in [-0.05, 0) is 32.3 Å². The van der Waals surface area contributed by atoms with Gasteiger partial charge in [0.25, 0.3) is 0 Å². The average Bonchev–Trinajstić information content (AvgIpc) is 2.51. The first-order chi connectivity index (χ1) is 10.2. The smallest absolute Gasteiger partial charge is 0.213 e. The van der Waals surface area contributed by atoms with Gasteiger partial charge in [0.1, 0.15) is 0 Å². The van der Waals surface area contributed by atoms with Crippen LogP contribution in [0.4, 0.5) is 0 Å². The van der Waals surface area contributed by atoms with Gasteiger partial charge in [-0.25, -0.2) is 9.98 Å². The van der Waals surface area contributed by atoms with Crippen LogP contribution in [0, 0.1) is 0 Å². The summed E-state index contributed by atoms with van der Waals surface area (Å²) in [6.45, 7) is 10.6. The Morgan fingerprint density at radius 2 is 2.14 bits per heavy atom. The summed E-state index contributed by atoms with van der Waals surface area (Å²) in [5.41, 5.74) is 1.07.